The lowest BCUT2D eigenvalue weighted by Crippen LogP contribution is -2.09. The summed E-state index contributed by atoms with van der Waals surface area (Å²) in [6.45, 7) is -0.0401. The summed E-state index contributed by atoms with van der Waals surface area (Å²) in [6, 6.07) is 4.45. The van der Waals surface area contributed by atoms with Crippen molar-refractivity contribution in [3.8, 4) is 0 Å². The maximum Gasteiger partial charge on any atom is 0.376 e. The number of carbonyl (C=O) groups is 2. The Morgan fingerprint density at radius 3 is 1.95 bits per heavy atom. The van der Waals surface area contributed by atoms with Crippen molar-refractivity contribution < 1.29 is 19.8 Å². The third-order valence-corrected chi connectivity index (χ3v) is 2.46. The number of benzene rings is 1. The van der Waals surface area contributed by atoms with Crippen LogP contribution in [0.1, 0.15) is 16.7 Å². The lowest BCUT2D eigenvalue weighted by molar-refractivity contribution is -0.146. The summed E-state index contributed by atoms with van der Waals surface area (Å²) in [7, 11) is 0. The Morgan fingerprint density at radius 1 is 1.05 bits per heavy atom. The van der Waals surface area contributed by atoms with Crippen molar-refractivity contribution in [2.24, 2.45) is 10.2 Å². The lowest BCUT2D eigenvalue weighted by Gasteiger charge is -2.06. The van der Waals surface area contributed by atoms with E-state index < -0.39 is 17.5 Å². The molecule has 0 saturated heterocycles. The minimum atomic E-state index is -1.70. The number of aliphatic hydroxyl groups excluding tert-OH is 1. The average molecular weight is 302 g/mol. The number of carboxylic acids is 1. The van der Waals surface area contributed by atoms with E-state index in [0.717, 1.165) is 0 Å². The van der Waals surface area contributed by atoms with E-state index in [1.54, 1.807) is 6.07 Å². The number of aliphatic hydroxyl groups is 1. The molecule has 0 atom stereocenters. The van der Waals surface area contributed by atoms with Crippen LogP contribution >= 0.6 is 0 Å². The van der Waals surface area contributed by atoms with E-state index in [2.05, 4.69) is 20.1 Å². The molecule has 0 aromatic heterocycles. The smallest absolute Gasteiger partial charge is 0.376 e. The van der Waals surface area contributed by atoms with Gasteiger partial charge in [0.2, 0.25) is 0 Å². The van der Waals surface area contributed by atoms with E-state index in [9.17, 15) is 14.7 Å². The van der Waals surface area contributed by atoms with Crippen molar-refractivity contribution in [3.05, 3.63) is 61.9 Å². The second-order valence-corrected chi connectivity index (χ2v) is 4.02. The molecule has 0 aliphatic carbocycles. The van der Waals surface area contributed by atoms with Crippen molar-refractivity contribution in [2.45, 2.75) is 13.1 Å². The quantitative estimate of drug-likeness (QED) is 0.197. The molecule has 0 saturated carbocycles. The Kier molecular flexibility index (Phi) is 5.99. The minimum absolute atomic E-state index is 0.0201. The van der Waals surface area contributed by atoms with E-state index in [-0.39, 0.29) is 18.7 Å². The van der Waals surface area contributed by atoms with Crippen LogP contribution in [-0.4, -0.2) is 22.0 Å². The number of aliphatic carboxylic acids is 1. The standard InChI is InChI=1S/C12H10N6O4/c13-17-15-5-7-1-8(6-16-18-14)3-9(2-7)10(19)4-11(20)12(21)22/h1-4,19H,5-6H2,(H,21,22). The molecule has 10 heteroatoms. The van der Waals surface area contributed by atoms with E-state index in [0.29, 0.717) is 17.2 Å². The molecule has 0 bridgehead atoms. The monoisotopic (exact) mass is 302 g/mol. The van der Waals surface area contributed by atoms with Gasteiger partial charge in [-0.1, -0.05) is 16.3 Å². The number of nitrogens with zero attached hydrogens (tertiary/aromatic N) is 6. The molecule has 0 unspecified atom stereocenters. The van der Waals surface area contributed by atoms with Gasteiger partial charge in [0.05, 0.1) is 13.1 Å². The van der Waals surface area contributed by atoms with Crippen LogP contribution in [0.3, 0.4) is 0 Å². The van der Waals surface area contributed by atoms with Crippen LogP contribution in [0.15, 0.2) is 34.5 Å². The van der Waals surface area contributed by atoms with E-state index in [4.69, 9.17) is 16.2 Å². The zero-order chi connectivity index (χ0) is 16.5. The highest BCUT2D eigenvalue weighted by atomic mass is 16.4. The first-order valence-corrected chi connectivity index (χ1v) is 5.80. The van der Waals surface area contributed by atoms with Gasteiger partial charge in [-0.2, -0.15) is 0 Å². The van der Waals surface area contributed by atoms with Crippen LogP contribution in [0.25, 0.3) is 26.6 Å². The van der Waals surface area contributed by atoms with Crippen LogP contribution in [0.2, 0.25) is 0 Å². The molecule has 0 aliphatic rings. The zero-order valence-electron chi connectivity index (χ0n) is 11.1. The fraction of sp³-hybridized carbons (Fsp3) is 0.167. The van der Waals surface area contributed by atoms with Gasteiger partial charge in [-0.05, 0) is 34.3 Å². The number of ketones is 1. The summed E-state index contributed by atoms with van der Waals surface area (Å²) < 4.78 is 0. The molecule has 1 rings (SSSR count). The summed E-state index contributed by atoms with van der Waals surface area (Å²) in [5.74, 6) is -3.54. The van der Waals surface area contributed by atoms with Gasteiger partial charge in [-0.3, -0.25) is 4.79 Å². The highest BCUT2D eigenvalue weighted by Crippen LogP contribution is 2.18. The zero-order valence-corrected chi connectivity index (χ0v) is 11.1. The van der Waals surface area contributed by atoms with E-state index in [1.165, 1.54) is 12.1 Å². The molecule has 0 radical (unpaired) electrons. The van der Waals surface area contributed by atoms with Gasteiger partial charge < -0.3 is 10.2 Å². The molecule has 0 amide bonds. The fourth-order valence-electron chi connectivity index (χ4n) is 1.59. The van der Waals surface area contributed by atoms with E-state index in [1.807, 2.05) is 0 Å². The van der Waals surface area contributed by atoms with Crippen LogP contribution < -0.4 is 0 Å². The highest BCUT2D eigenvalue weighted by Gasteiger charge is 2.11. The van der Waals surface area contributed by atoms with Crippen LogP contribution in [0.5, 0.6) is 0 Å². The number of rotatable bonds is 7. The first-order valence-electron chi connectivity index (χ1n) is 5.80. The SMILES string of the molecule is [N-]=[N+]=NCc1cc(CN=[N+]=[N-])cc(C(O)=CC(=O)C(=O)O)c1. The molecule has 112 valence electrons. The van der Waals surface area contributed by atoms with Gasteiger partial charge in [-0.15, -0.1) is 0 Å². The van der Waals surface area contributed by atoms with Gasteiger partial charge in [0.1, 0.15) is 5.76 Å². The lowest BCUT2D eigenvalue weighted by atomic mass is 10.0. The van der Waals surface area contributed by atoms with Crippen LogP contribution in [0, 0.1) is 0 Å². The van der Waals surface area contributed by atoms with E-state index >= 15 is 0 Å². The molecule has 0 aliphatic heterocycles. The van der Waals surface area contributed by atoms with Gasteiger partial charge in [-0.25, -0.2) is 4.79 Å². The van der Waals surface area contributed by atoms with Gasteiger partial charge in [0.15, 0.2) is 0 Å². The molecule has 2 N–H and O–H groups in total. The predicted octanol–water partition coefficient (Wildman–Crippen LogP) is 2.86. The third-order valence-electron chi connectivity index (χ3n) is 2.46. The number of hydrogen-bond acceptors (Lipinski definition) is 5. The molecule has 1 aromatic carbocycles. The first-order chi connectivity index (χ1) is 10.5. The molecule has 22 heavy (non-hydrogen) atoms. The predicted molar refractivity (Wildman–Crippen MR) is 75.4 cm³/mol. The summed E-state index contributed by atoms with van der Waals surface area (Å²) in [5, 5.41) is 25.0. The first kappa shape index (κ1) is 16.6. The van der Waals surface area contributed by atoms with Gasteiger partial charge in [0, 0.05) is 21.5 Å². The number of azide groups is 2. The molecule has 0 heterocycles. The summed E-state index contributed by atoms with van der Waals surface area (Å²) in [4.78, 5) is 26.7. The fourth-order valence-corrected chi connectivity index (χ4v) is 1.59. The van der Waals surface area contributed by atoms with Crippen LogP contribution in [0.4, 0.5) is 0 Å². The summed E-state index contributed by atoms with van der Waals surface area (Å²) >= 11 is 0. The maximum atomic E-state index is 11.1. The Hall–Kier alpha value is -3.48. The Labute approximate surface area is 123 Å². The second kappa shape index (κ2) is 7.95. The van der Waals surface area contributed by atoms with Crippen molar-refractivity contribution in [2.75, 3.05) is 0 Å². The Balaban J connectivity index is 3.26. The number of carbonyl (C=O) groups excluding carboxylic acids is 1. The second-order valence-electron chi connectivity index (χ2n) is 4.02. The van der Waals surface area contributed by atoms with Gasteiger partial charge in [0.25, 0.3) is 5.78 Å². The normalized spacial score (nSPS) is 10.3. The third kappa shape index (κ3) is 4.89. The minimum Gasteiger partial charge on any atom is -0.507 e. The molecule has 0 fully saturated rings. The highest BCUT2D eigenvalue weighted by molar-refractivity contribution is 6.38. The van der Waals surface area contributed by atoms with Crippen LogP contribution in [-0.2, 0) is 22.7 Å². The number of carboxylic acid groups (broad SMARTS) is 1. The number of hydrogen-bond donors (Lipinski definition) is 2. The molecule has 10 nitrogen and oxygen atoms in total. The maximum absolute atomic E-state index is 11.1. The molecular weight excluding hydrogens is 292 g/mol. The largest absolute Gasteiger partial charge is 0.507 e. The Bertz CT molecular complexity index is 691. The topological polar surface area (TPSA) is 172 Å². The van der Waals surface area contributed by atoms with Crippen molar-refractivity contribution in [1.29, 1.82) is 0 Å². The van der Waals surface area contributed by atoms with Crippen molar-refractivity contribution in [1.82, 2.24) is 0 Å². The summed E-state index contributed by atoms with van der Waals surface area (Å²) in [5.41, 5.74) is 17.8. The van der Waals surface area contributed by atoms with Crippen molar-refractivity contribution in [3.63, 3.8) is 0 Å². The van der Waals surface area contributed by atoms with Crippen molar-refractivity contribution >= 4 is 17.5 Å². The average Bonchev–Trinajstić information content (AvgIpc) is 2.50. The Morgan fingerprint density at radius 2 is 1.55 bits per heavy atom. The molecule has 0 spiro atoms. The van der Waals surface area contributed by atoms with Gasteiger partial charge >= 0.3 is 5.97 Å². The molecular formula is C12H10N6O4. The summed E-state index contributed by atoms with van der Waals surface area (Å²) in [6.07, 6.45) is 0.562. The molecule has 1 aromatic rings.